The average Bonchev–Trinajstić information content (AvgIpc) is 3.11. The molecule has 0 radical (unpaired) electrons. The Labute approximate surface area is 160 Å². The van der Waals surface area contributed by atoms with E-state index in [4.69, 9.17) is 14.7 Å². The van der Waals surface area contributed by atoms with Crippen LogP contribution in [0.5, 0.6) is 0 Å². The van der Waals surface area contributed by atoms with Crippen LogP contribution in [0, 0.1) is 0 Å². The van der Waals surface area contributed by atoms with Gasteiger partial charge >= 0.3 is 0 Å². The fourth-order valence-electron chi connectivity index (χ4n) is 3.40. The van der Waals surface area contributed by atoms with Crippen LogP contribution in [0.25, 0.3) is 0 Å². The quantitative estimate of drug-likeness (QED) is 0.688. The van der Waals surface area contributed by atoms with Gasteiger partial charge in [0.2, 0.25) is 5.95 Å². The molecule has 140 valence electrons. The van der Waals surface area contributed by atoms with Gasteiger partial charge in [0.25, 0.3) is 0 Å². The largest absolute Gasteiger partial charge is 0.383 e. The van der Waals surface area contributed by atoms with Crippen LogP contribution in [-0.2, 0) is 11.2 Å². The number of aryl methyl sites for hydroxylation is 1. The fraction of sp³-hybridized carbons (Fsp3) is 0.500. The summed E-state index contributed by atoms with van der Waals surface area (Å²) in [4.78, 5) is 13.1. The highest BCUT2D eigenvalue weighted by Gasteiger charge is 2.26. The summed E-state index contributed by atoms with van der Waals surface area (Å²) < 4.78 is 5.40. The van der Waals surface area contributed by atoms with Crippen molar-refractivity contribution in [3.8, 4) is 0 Å². The number of benzene rings is 1. The third-order valence-electron chi connectivity index (χ3n) is 4.63. The molecule has 3 rings (SSSR count). The van der Waals surface area contributed by atoms with E-state index in [9.17, 15) is 0 Å². The van der Waals surface area contributed by atoms with Gasteiger partial charge in [0.1, 0.15) is 5.82 Å². The molecule has 2 heterocycles. The van der Waals surface area contributed by atoms with Crippen molar-refractivity contribution >= 4 is 29.2 Å². The Bertz CT molecular complexity index is 725. The molecule has 1 unspecified atom stereocenters. The van der Waals surface area contributed by atoms with Gasteiger partial charge < -0.3 is 15.0 Å². The lowest BCUT2D eigenvalue weighted by atomic mass is 10.2. The normalized spacial score (nSPS) is 16.9. The molecule has 6 heteroatoms. The summed E-state index contributed by atoms with van der Waals surface area (Å²) in [6, 6.07) is 10.9. The molecule has 0 aliphatic carbocycles. The Balaban J connectivity index is 1.88. The van der Waals surface area contributed by atoms with Crippen molar-refractivity contribution in [1.82, 2.24) is 9.97 Å². The van der Waals surface area contributed by atoms with Crippen molar-refractivity contribution in [1.29, 1.82) is 0 Å². The van der Waals surface area contributed by atoms with Gasteiger partial charge in [-0.1, -0.05) is 19.4 Å². The van der Waals surface area contributed by atoms with Gasteiger partial charge in [-0.3, -0.25) is 0 Å². The van der Waals surface area contributed by atoms with Crippen LogP contribution in [0.15, 0.2) is 35.2 Å². The van der Waals surface area contributed by atoms with Gasteiger partial charge in [-0.2, -0.15) is 4.98 Å². The van der Waals surface area contributed by atoms with Crippen LogP contribution in [-0.4, -0.2) is 42.5 Å². The van der Waals surface area contributed by atoms with Crippen molar-refractivity contribution < 1.29 is 4.74 Å². The first-order chi connectivity index (χ1) is 12.7. The minimum Gasteiger partial charge on any atom is -0.383 e. The number of ether oxygens (including phenoxy) is 1. The molecule has 1 N–H and O–H groups in total. The second-order valence-electron chi connectivity index (χ2n) is 6.59. The number of methoxy groups -OCH3 is 1. The maximum Gasteiger partial charge on any atom is 0.229 e. The van der Waals surface area contributed by atoms with Gasteiger partial charge in [0, 0.05) is 36.0 Å². The molecule has 2 aromatic rings. The van der Waals surface area contributed by atoms with Crippen molar-refractivity contribution in [2.75, 3.05) is 36.7 Å². The van der Waals surface area contributed by atoms with Crippen LogP contribution >= 0.6 is 11.8 Å². The second-order valence-corrected chi connectivity index (χ2v) is 7.47. The van der Waals surface area contributed by atoms with E-state index in [1.165, 1.54) is 11.3 Å². The molecule has 1 fully saturated rings. The fourth-order valence-corrected chi connectivity index (χ4v) is 3.86. The molecule has 0 amide bonds. The number of aromatic nitrogens is 2. The molecular formula is C20H28N4OS. The highest BCUT2D eigenvalue weighted by molar-refractivity contribution is 7.98. The molecule has 1 saturated heterocycles. The summed E-state index contributed by atoms with van der Waals surface area (Å²) in [6.07, 6.45) is 6.44. The first-order valence-electron chi connectivity index (χ1n) is 9.28. The monoisotopic (exact) mass is 372 g/mol. The molecule has 1 atom stereocenters. The molecular weight excluding hydrogens is 344 g/mol. The van der Waals surface area contributed by atoms with Crippen molar-refractivity contribution in [2.45, 2.75) is 43.5 Å². The predicted octanol–water partition coefficient (Wildman–Crippen LogP) is 4.51. The zero-order valence-electron chi connectivity index (χ0n) is 15.9. The third-order valence-corrected chi connectivity index (χ3v) is 5.35. The lowest BCUT2D eigenvalue weighted by Gasteiger charge is -2.26. The highest BCUT2D eigenvalue weighted by atomic mass is 32.2. The van der Waals surface area contributed by atoms with Crippen LogP contribution in [0.4, 0.5) is 17.5 Å². The standard InChI is InChI=1S/C20H28N4OS/c1-4-7-15-13-19(24-11-6-9-17(24)14-25-2)23-20(21-15)22-16-8-5-10-18(12-16)26-3/h5,8,10,12-13,17H,4,6-7,9,11,14H2,1-3H3,(H,21,22,23). The molecule has 1 aliphatic heterocycles. The zero-order valence-corrected chi connectivity index (χ0v) is 16.7. The van der Waals surface area contributed by atoms with E-state index in [0.29, 0.717) is 12.0 Å². The first kappa shape index (κ1) is 19.0. The van der Waals surface area contributed by atoms with E-state index in [0.717, 1.165) is 49.6 Å². The topological polar surface area (TPSA) is 50.3 Å². The zero-order chi connectivity index (χ0) is 18.4. The van der Waals surface area contributed by atoms with Gasteiger partial charge in [0.05, 0.1) is 12.6 Å². The Morgan fingerprint density at radius 1 is 1.31 bits per heavy atom. The molecule has 0 bridgehead atoms. The molecule has 1 aliphatic rings. The van der Waals surface area contributed by atoms with E-state index in [1.54, 1.807) is 18.9 Å². The average molecular weight is 373 g/mol. The molecule has 1 aromatic heterocycles. The minimum absolute atomic E-state index is 0.400. The van der Waals surface area contributed by atoms with Crippen LogP contribution in [0.1, 0.15) is 31.9 Å². The summed E-state index contributed by atoms with van der Waals surface area (Å²) in [7, 11) is 1.77. The van der Waals surface area contributed by atoms with Crippen LogP contribution in [0.3, 0.4) is 0 Å². The first-order valence-corrected chi connectivity index (χ1v) is 10.5. The van der Waals surface area contributed by atoms with Crippen LogP contribution in [0.2, 0.25) is 0 Å². The Morgan fingerprint density at radius 3 is 2.96 bits per heavy atom. The summed E-state index contributed by atoms with van der Waals surface area (Å²) in [6.45, 7) is 3.95. The predicted molar refractivity (Wildman–Crippen MR) is 110 cm³/mol. The SMILES string of the molecule is CCCc1cc(N2CCCC2COC)nc(Nc2cccc(SC)c2)n1. The molecule has 1 aromatic carbocycles. The maximum atomic E-state index is 5.40. The van der Waals surface area contributed by atoms with E-state index in [-0.39, 0.29) is 0 Å². The summed E-state index contributed by atoms with van der Waals surface area (Å²) in [5, 5.41) is 3.39. The third kappa shape index (κ3) is 4.68. The van der Waals surface area contributed by atoms with Crippen molar-refractivity contribution in [3.05, 3.63) is 36.0 Å². The van der Waals surface area contributed by atoms with Gasteiger partial charge in [-0.05, 0) is 43.7 Å². The summed E-state index contributed by atoms with van der Waals surface area (Å²) in [5.41, 5.74) is 2.11. The molecule has 0 saturated carbocycles. The second kappa shape index (κ2) is 9.24. The van der Waals surface area contributed by atoms with E-state index in [1.807, 2.05) is 0 Å². The number of hydrogen-bond acceptors (Lipinski definition) is 6. The number of hydrogen-bond donors (Lipinski definition) is 1. The number of nitrogens with zero attached hydrogens (tertiary/aromatic N) is 3. The highest BCUT2D eigenvalue weighted by Crippen LogP contribution is 2.27. The lowest BCUT2D eigenvalue weighted by molar-refractivity contribution is 0.180. The van der Waals surface area contributed by atoms with Gasteiger partial charge in [-0.15, -0.1) is 11.8 Å². The summed E-state index contributed by atoms with van der Waals surface area (Å²) in [5.74, 6) is 1.68. The Morgan fingerprint density at radius 2 is 2.19 bits per heavy atom. The van der Waals surface area contributed by atoms with E-state index >= 15 is 0 Å². The lowest BCUT2D eigenvalue weighted by Crippen LogP contribution is -2.33. The maximum absolute atomic E-state index is 5.40. The van der Waals surface area contributed by atoms with E-state index in [2.05, 4.69) is 53.7 Å². The number of rotatable bonds is 8. The Hall–Kier alpha value is -1.79. The molecule has 26 heavy (non-hydrogen) atoms. The minimum atomic E-state index is 0.400. The number of anilines is 3. The number of thioether (sulfide) groups is 1. The Kier molecular flexibility index (Phi) is 6.74. The van der Waals surface area contributed by atoms with Crippen molar-refractivity contribution in [3.63, 3.8) is 0 Å². The van der Waals surface area contributed by atoms with Gasteiger partial charge in [0.15, 0.2) is 0 Å². The molecule has 5 nitrogen and oxygen atoms in total. The summed E-state index contributed by atoms with van der Waals surface area (Å²) >= 11 is 1.73. The smallest absolute Gasteiger partial charge is 0.229 e. The van der Waals surface area contributed by atoms with Crippen LogP contribution < -0.4 is 10.2 Å². The van der Waals surface area contributed by atoms with E-state index < -0.39 is 0 Å². The molecule has 0 spiro atoms. The van der Waals surface area contributed by atoms with Crippen molar-refractivity contribution in [2.24, 2.45) is 0 Å². The number of nitrogens with one attached hydrogen (secondary N) is 1. The van der Waals surface area contributed by atoms with Gasteiger partial charge in [-0.25, -0.2) is 4.98 Å².